The normalized spacial score (nSPS) is 15.0. The third kappa shape index (κ3) is 5.91. The highest BCUT2D eigenvalue weighted by molar-refractivity contribution is 7.90. The maximum absolute atomic E-state index is 13.9. The fourth-order valence-corrected chi connectivity index (χ4v) is 5.19. The third-order valence-corrected chi connectivity index (χ3v) is 7.87. The van der Waals surface area contributed by atoms with Crippen molar-refractivity contribution >= 4 is 32.6 Å². The summed E-state index contributed by atoms with van der Waals surface area (Å²) in [6.07, 6.45) is -8.50. The molecule has 0 atom stereocenters. The van der Waals surface area contributed by atoms with Crippen LogP contribution in [-0.4, -0.2) is 48.5 Å². The number of anilines is 2. The first kappa shape index (κ1) is 29.4. The van der Waals surface area contributed by atoms with E-state index in [4.69, 9.17) is 4.74 Å². The summed E-state index contributed by atoms with van der Waals surface area (Å²) in [5.74, 6) is -0.246. The molecule has 0 radical (unpaired) electrons. The second-order valence-electron chi connectivity index (χ2n) is 9.85. The molecule has 42 heavy (non-hydrogen) atoms. The zero-order valence-electron chi connectivity index (χ0n) is 22.1. The van der Waals surface area contributed by atoms with Crippen molar-refractivity contribution in [1.82, 2.24) is 15.0 Å². The Morgan fingerprint density at radius 3 is 2.31 bits per heavy atom. The average Bonchev–Trinajstić information content (AvgIpc) is 3.72. The van der Waals surface area contributed by atoms with Crippen molar-refractivity contribution in [3.63, 3.8) is 0 Å². The summed E-state index contributed by atoms with van der Waals surface area (Å²) in [5, 5.41) is 5.25. The average molecular weight is 612 g/mol. The van der Waals surface area contributed by atoms with Crippen molar-refractivity contribution in [3.05, 3.63) is 65.7 Å². The van der Waals surface area contributed by atoms with Crippen molar-refractivity contribution < 1.29 is 39.5 Å². The Morgan fingerprint density at radius 1 is 0.952 bits per heavy atom. The van der Waals surface area contributed by atoms with Gasteiger partial charge in [-0.1, -0.05) is 12.1 Å². The Hall–Kier alpha value is -4.14. The second kappa shape index (κ2) is 10.3. The highest BCUT2D eigenvalue weighted by atomic mass is 32.2. The highest BCUT2D eigenvalue weighted by Gasteiger charge is 2.64. The maximum Gasteiger partial charge on any atom is 0.416 e. The topological polar surface area (TPSA) is 106 Å². The van der Waals surface area contributed by atoms with Crippen LogP contribution in [0.4, 0.5) is 38.1 Å². The van der Waals surface area contributed by atoms with E-state index >= 15 is 0 Å². The first-order valence-electron chi connectivity index (χ1n) is 12.4. The van der Waals surface area contributed by atoms with Crippen LogP contribution in [0.15, 0.2) is 59.5 Å². The second-order valence-corrected chi connectivity index (χ2v) is 11.8. The molecule has 1 saturated carbocycles. The summed E-state index contributed by atoms with van der Waals surface area (Å²) in [6, 6.07) is 11.9. The lowest BCUT2D eigenvalue weighted by atomic mass is 10.1. The molecule has 5 rings (SSSR count). The van der Waals surface area contributed by atoms with Crippen LogP contribution in [0.25, 0.3) is 22.3 Å². The fourth-order valence-electron chi connectivity index (χ4n) is 4.34. The van der Waals surface area contributed by atoms with Crippen LogP contribution in [0, 0.1) is 0 Å². The molecule has 4 aromatic rings. The van der Waals surface area contributed by atoms with Gasteiger partial charge in [0.2, 0.25) is 5.95 Å². The molecule has 15 heteroatoms. The predicted molar refractivity (Wildman–Crippen MR) is 143 cm³/mol. The number of hydrogen-bond acceptors (Lipinski definition) is 8. The molecule has 2 aromatic carbocycles. The van der Waals surface area contributed by atoms with Crippen LogP contribution >= 0.6 is 0 Å². The van der Waals surface area contributed by atoms with Gasteiger partial charge in [0.25, 0.3) is 0 Å². The number of nitrogens with one attached hydrogen (secondary N) is 2. The lowest BCUT2D eigenvalue weighted by Gasteiger charge is -2.22. The van der Waals surface area contributed by atoms with Gasteiger partial charge in [-0.2, -0.15) is 31.3 Å². The quantitative estimate of drug-likeness (QED) is 0.226. The lowest BCUT2D eigenvalue weighted by molar-refractivity contribution is -0.151. The van der Waals surface area contributed by atoms with Gasteiger partial charge in [0, 0.05) is 18.4 Å². The van der Waals surface area contributed by atoms with Crippen LogP contribution in [0.1, 0.15) is 24.0 Å². The van der Waals surface area contributed by atoms with E-state index in [0.29, 0.717) is 5.56 Å². The summed E-state index contributed by atoms with van der Waals surface area (Å²) in [5.41, 5.74) is -2.07. The minimum atomic E-state index is -4.59. The number of hydrogen-bond donors (Lipinski definition) is 2. The Labute approximate surface area is 236 Å². The Morgan fingerprint density at radius 2 is 1.69 bits per heavy atom. The molecular weight excluding hydrogens is 588 g/mol. The molecule has 0 amide bonds. The van der Waals surface area contributed by atoms with Gasteiger partial charge in [0.05, 0.1) is 23.9 Å². The minimum Gasteiger partial charge on any atom is -0.495 e. The van der Waals surface area contributed by atoms with Gasteiger partial charge in [-0.3, -0.25) is 0 Å². The van der Waals surface area contributed by atoms with Crippen molar-refractivity contribution in [1.29, 1.82) is 0 Å². The number of rotatable bonds is 8. The van der Waals surface area contributed by atoms with E-state index in [1.807, 2.05) is 0 Å². The van der Waals surface area contributed by atoms with Crippen molar-refractivity contribution in [2.45, 2.75) is 42.2 Å². The number of halogens is 6. The van der Waals surface area contributed by atoms with E-state index in [-0.39, 0.29) is 64.1 Å². The van der Waals surface area contributed by atoms with Gasteiger partial charge >= 0.3 is 12.4 Å². The summed E-state index contributed by atoms with van der Waals surface area (Å²) in [6.45, 7) is -0.134. The van der Waals surface area contributed by atoms with E-state index in [1.54, 1.807) is 6.07 Å². The largest absolute Gasteiger partial charge is 0.495 e. The number of aromatic nitrogens is 3. The lowest BCUT2D eigenvalue weighted by Crippen LogP contribution is -2.39. The molecule has 222 valence electrons. The Kier molecular flexibility index (Phi) is 7.19. The Bertz CT molecular complexity index is 1770. The zero-order chi connectivity index (χ0) is 30.5. The van der Waals surface area contributed by atoms with Gasteiger partial charge in [-0.25, -0.2) is 18.4 Å². The predicted octanol–water partition coefficient (Wildman–Crippen LogP) is 6.24. The number of alkyl halides is 6. The standard InChI is InChI=1S/C27H23F6N5O3S/c1-41-20-9-6-16(13-21(20)42(2,39)40)18-7-8-19-22(35-18)23(38-25(10-11-25)27(31,32)33)37-24(36-19)34-14-15-4-3-5-17(12-15)26(28,29)30/h3-9,12-13H,10-11,14H2,1-2H3,(H2,34,36,37,38). The maximum atomic E-state index is 13.9. The molecular formula is C27H23F6N5O3S. The van der Waals surface area contributed by atoms with Crippen LogP contribution in [0.2, 0.25) is 0 Å². The van der Waals surface area contributed by atoms with E-state index < -0.39 is 33.3 Å². The molecule has 2 heterocycles. The zero-order valence-corrected chi connectivity index (χ0v) is 22.9. The monoisotopic (exact) mass is 611 g/mol. The van der Waals surface area contributed by atoms with E-state index in [2.05, 4.69) is 25.6 Å². The van der Waals surface area contributed by atoms with Gasteiger partial charge in [0.1, 0.15) is 21.7 Å². The molecule has 0 saturated heterocycles. The molecule has 0 unspecified atom stereocenters. The number of nitrogens with zero attached hydrogens (tertiary/aromatic N) is 3. The van der Waals surface area contributed by atoms with Crippen molar-refractivity contribution in [2.75, 3.05) is 24.0 Å². The van der Waals surface area contributed by atoms with Gasteiger partial charge in [-0.05, 0) is 60.9 Å². The number of methoxy groups -OCH3 is 1. The number of benzene rings is 2. The van der Waals surface area contributed by atoms with E-state index in [1.165, 1.54) is 43.5 Å². The molecule has 2 aromatic heterocycles. The molecule has 0 spiro atoms. The molecule has 1 fully saturated rings. The number of ether oxygens (including phenoxy) is 1. The molecule has 1 aliphatic carbocycles. The van der Waals surface area contributed by atoms with Crippen LogP contribution in [-0.2, 0) is 22.6 Å². The number of pyridine rings is 1. The Balaban J connectivity index is 1.55. The van der Waals surface area contributed by atoms with E-state index in [0.717, 1.165) is 18.4 Å². The minimum absolute atomic E-state index is 0.00984. The van der Waals surface area contributed by atoms with Crippen LogP contribution in [0.5, 0.6) is 5.75 Å². The van der Waals surface area contributed by atoms with Crippen LogP contribution < -0.4 is 15.4 Å². The first-order valence-corrected chi connectivity index (χ1v) is 14.3. The van der Waals surface area contributed by atoms with E-state index in [9.17, 15) is 34.8 Å². The number of sulfone groups is 1. The van der Waals surface area contributed by atoms with Gasteiger partial charge in [0.15, 0.2) is 15.7 Å². The summed E-state index contributed by atoms with van der Waals surface area (Å²) >= 11 is 0. The van der Waals surface area contributed by atoms with Gasteiger partial charge in [-0.15, -0.1) is 0 Å². The fraction of sp³-hybridized carbons (Fsp3) is 0.296. The smallest absolute Gasteiger partial charge is 0.416 e. The highest BCUT2D eigenvalue weighted by Crippen LogP contribution is 2.51. The van der Waals surface area contributed by atoms with Crippen molar-refractivity contribution in [2.24, 2.45) is 0 Å². The summed E-state index contributed by atoms with van der Waals surface area (Å²) < 4.78 is 111. The third-order valence-electron chi connectivity index (χ3n) is 6.76. The summed E-state index contributed by atoms with van der Waals surface area (Å²) in [4.78, 5) is 12.9. The number of fused-ring (bicyclic) bond motifs is 1. The molecule has 1 aliphatic rings. The van der Waals surface area contributed by atoms with Crippen molar-refractivity contribution in [3.8, 4) is 17.0 Å². The summed E-state index contributed by atoms with van der Waals surface area (Å²) in [7, 11) is -2.37. The van der Waals surface area contributed by atoms with Crippen LogP contribution in [0.3, 0.4) is 0 Å². The SMILES string of the molecule is COc1ccc(-c2ccc3nc(NCc4cccc(C(F)(F)F)c4)nc(NC4(C(F)(F)F)CC4)c3n2)cc1S(C)(=O)=O. The molecule has 0 bridgehead atoms. The first-order chi connectivity index (χ1) is 19.6. The molecule has 0 aliphatic heterocycles. The van der Waals surface area contributed by atoms with Gasteiger partial charge < -0.3 is 15.4 Å². The molecule has 2 N–H and O–H groups in total. The molecule has 8 nitrogen and oxygen atoms in total.